The van der Waals surface area contributed by atoms with E-state index in [9.17, 15) is 0 Å². The van der Waals surface area contributed by atoms with Crippen molar-refractivity contribution in [2.75, 3.05) is 11.0 Å². The Hall–Kier alpha value is -0.650. The summed E-state index contributed by atoms with van der Waals surface area (Å²) in [5.41, 5.74) is 1.19. The van der Waals surface area contributed by atoms with E-state index in [4.69, 9.17) is 9.47 Å². The van der Waals surface area contributed by atoms with Crippen molar-refractivity contribution in [2.24, 2.45) is 0 Å². The molecule has 0 bridgehead atoms. The average molecular weight is 386 g/mol. The summed E-state index contributed by atoms with van der Waals surface area (Å²) >= 11 is 2.34. The van der Waals surface area contributed by atoms with Crippen molar-refractivity contribution in [3.63, 3.8) is 0 Å². The van der Waals surface area contributed by atoms with Gasteiger partial charge in [-0.3, -0.25) is 0 Å². The number of hydrogen-bond acceptors (Lipinski definition) is 2. The van der Waals surface area contributed by atoms with Gasteiger partial charge in [0.15, 0.2) is 0 Å². The van der Waals surface area contributed by atoms with E-state index < -0.39 is 0 Å². The summed E-state index contributed by atoms with van der Waals surface area (Å²) in [6, 6.07) is 10.2. The molecule has 20 heavy (non-hydrogen) atoms. The zero-order valence-corrected chi connectivity index (χ0v) is 14.0. The summed E-state index contributed by atoms with van der Waals surface area (Å²) in [5.74, 6) is 0. The van der Waals surface area contributed by atoms with Crippen LogP contribution < -0.4 is 0 Å². The van der Waals surface area contributed by atoms with Crippen LogP contribution in [-0.2, 0) is 16.1 Å². The van der Waals surface area contributed by atoms with Crippen LogP contribution in [0.25, 0.3) is 0 Å². The molecule has 2 atom stereocenters. The third-order valence-corrected chi connectivity index (χ3v) is 3.87. The molecule has 0 saturated carbocycles. The molecular weight excluding hydrogens is 363 g/mol. The molecule has 2 nitrogen and oxygen atoms in total. The normalized spacial score (nSPS) is 13.7. The van der Waals surface area contributed by atoms with E-state index in [1.54, 1.807) is 0 Å². The summed E-state index contributed by atoms with van der Waals surface area (Å²) < 4.78 is 12.6. The molecule has 0 aromatic heterocycles. The number of alkyl halides is 1. The van der Waals surface area contributed by atoms with Crippen LogP contribution in [0, 0.1) is 0 Å². The fourth-order valence-electron chi connectivity index (χ4n) is 1.79. The van der Waals surface area contributed by atoms with Crippen molar-refractivity contribution < 1.29 is 9.47 Å². The van der Waals surface area contributed by atoms with Gasteiger partial charge in [0.2, 0.25) is 0 Å². The van der Waals surface area contributed by atoms with E-state index in [2.05, 4.69) is 47.9 Å². The van der Waals surface area contributed by atoms with E-state index in [0.717, 1.165) is 17.3 Å². The van der Waals surface area contributed by atoms with Gasteiger partial charge in [-0.05, 0) is 12.0 Å². The van der Waals surface area contributed by atoms with Crippen molar-refractivity contribution in [1.82, 2.24) is 0 Å². The van der Waals surface area contributed by atoms with Crippen LogP contribution >= 0.6 is 22.6 Å². The molecule has 0 heterocycles. The quantitative estimate of drug-likeness (QED) is 0.241. The number of ether oxygens (including phenoxy) is 2. The first kappa shape index (κ1) is 17.4. The number of hydrogen-bond donors (Lipinski definition) is 0. The molecule has 0 aliphatic carbocycles. The summed E-state index contributed by atoms with van der Waals surface area (Å²) in [6.45, 7) is 8.91. The predicted molar refractivity (Wildman–Crippen MR) is 93.3 cm³/mol. The van der Waals surface area contributed by atoms with Crippen molar-refractivity contribution >= 4 is 22.6 Å². The minimum atomic E-state index is 0.0467. The monoisotopic (exact) mass is 386 g/mol. The largest absolute Gasteiger partial charge is 0.377 e. The van der Waals surface area contributed by atoms with Crippen LogP contribution in [-0.4, -0.2) is 23.2 Å². The second-order valence-electron chi connectivity index (χ2n) is 4.54. The molecule has 0 fully saturated rings. The molecule has 0 amide bonds. The van der Waals surface area contributed by atoms with Crippen LogP contribution in [0.2, 0.25) is 0 Å². The van der Waals surface area contributed by atoms with Crippen LogP contribution in [0.4, 0.5) is 0 Å². The third-order valence-electron chi connectivity index (χ3n) is 2.89. The van der Waals surface area contributed by atoms with Gasteiger partial charge in [0, 0.05) is 17.5 Å². The van der Waals surface area contributed by atoms with Gasteiger partial charge in [0.25, 0.3) is 0 Å². The fourth-order valence-corrected chi connectivity index (χ4v) is 2.36. The Labute approximate surface area is 136 Å². The number of halogens is 1. The van der Waals surface area contributed by atoms with Crippen LogP contribution in [0.1, 0.15) is 18.4 Å². The Morgan fingerprint density at radius 1 is 1.20 bits per heavy atom. The molecule has 0 saturated heterocycles. The van der Waals surface area contributed by atoms with E-state index >= 15 is 0 Å². The van der Waals surface area contributed by atoms with Crippen LogP contribution in [0.5, 0.6) is 0 Å². The zero-order chi connectivity index (χ0) is 14.6. The highest BCUT2D eigenvalue weighted by Crippen LogP contribution is 2.11. The van der Waals surface area contributed by atoms with E-state index in [-0.39, 0.29) is 12.2 Å². The minimum Gasteiger partial charge on any atom is -0.377 e. The molecule has 110 valence electrons. The summed E-state index contributed by atoms with van der Waals surface area (Å²) in [7, 11) is 0. The topological polar surface area (TPSA) is 18.5 Å². The molecule has 0 radical (unpaired) electrons. The van der Waals surface area contributed by atoms with Gasteiger partial charge in [-0.2, -0.15) is 0 Å². The van der Waals surface area contributed by atoms with Gasteiger partial charge in [-0.15, -0.1) is 13.2 Å². The van der Waals surface area contributed by atoms with Gasteiger partial charge in [0.05, 0.1) is 18.8 Å². The Balaban J connectivity index is 2.23. The molecule has 3 heteroatoms. The Morgan fingerprint density at radius 3 is 2.55 bits per heavy atom. The standard InChI is InChI=1S/C17H23IO2/c1-3-8-17(13-18)20-16(4-2)11-12-19-14-15-9-6-5-7-10-15/h3-7,9-10,16-17H,1-2,8,11-14H2/t16-,17?/m0/s1. The highest BCUT2D eigenvalue weighted by atomic mass is 127. The highest BCUT2D eigenvalue weighted by molar-refractivity contribution is 14.1. The molecule has 0 aliphatic rings. The molecule has 1 aromatic rings. The summed E-state index contributed by atoms with van der Waals surface area (Å²) in [4.78, 5) is 0. The fraction of sp³-hybridized carbons (Fsp3) is 0.412. The van der Waals surface area contributed by atoms with E-state index in [1.807, 2.05) is 30.4 Å². The Kier molecular flexibility index (Phi) is 9.62. The predicted octanol–water partition coefficient (Wildman–Crippen LogP) is 4.54. The summed E-state index contributed by atoms with van der Waals surface area (Å²) in [5, 5.41) is 0. The molecule has 1 rings (SSSR count). The number of benzene rings is 1. The first-order valence-corrected chi connectivity index (χ1v) is 8.39. The Bertz CT molecular complexity index is 378. The van der Waals surface area contributed by atoms with Gasteiger partial charge < -0.3 is 9.47 Å². The molecule has 1 unspecified atom stereocenters. The van der Waals surface area contributed by atoms with Crippen LogP contribution in [0.15, 0.2) is 55.6 Å². The van der Waals surface area contributed by atoms with Gasteiger partial charge in [0.1, 0.15) is 0 Å². The van der Waals surface area contributed by atoms with Gasteiger partial charge in [-0.1, -0.05) is 65.1 Å². The van der Waals surface area contributed by atoms with E-state index in [1.165, 1.54) is 5.56 Å². The van der Waals surface area contributed by atoms with Crippen molar-refractivity contribution in [2.45, 2.75) is 31.7 Å². The third kappa shape index (κ3) is 7.22. The first-order chi connectivity index (χ1) is 9.80. The maximum atomic E-state index is 5.96. The van der Waals surface area contributed by atoms with Crippen molar-refractivity contribution in [3.8, 4) is 0 Å². The number of rotatable bonds is 11. The second-order valence-corrected chi connectivity index (χ2v) is 5.42. The van der Waals surface area contributed by atoms with Gasteiger partial charge >= 0.3 is 0 Å². The van der Waals surface area contributed by atoms with Crippen molar-refractivity contribution in [1.29, 1.82) is 0 Å². The second kappa shape index (κ2) is 11.1. The van der Waals surface area contributed by atoms with Crippen LogP contribution in [0.3, 0.4) is 0 Å². The Morgan fingerprint density at radius 2 is 1.95 bits per heavy atom. The molecule has 0 spiro atoms. The molecular formula is C17H23IO2. The van der Waals surface area contributed by atoms with Gasteiger partial charge in [-0.25, -0.2) is 0 Å². The summed E-state index contributed by atoms with van der Waals surface area (Å²) in [6.07, 6.45) is 5.72. The smallest absolute Gasteiger partial charge is 0.0779 e. The SMILES string of the molecule is C=CCC(CI)O[C@@H](C=C)CCOCc1ccccc1. The van der Waals surface area contributed by atoms with Crippen molar-refractivity contribution in [3.05, 3.63) is 61.2 Å². The molecule has 0 aliphatic heterocycles. The lowest BCUT2D eigenvalue weighted by Crippen LogP contribution is -2.22. The highest BCUT2D eigenvalue weighted by Gasteiger charge is 2.12. The maximum Gasteiger partial charge on any atom is 0.0779 e. The van der Waals surface area contributed by atoms with E-state index in [0.29, 0.717) is 13.2 Å². The lowest BCUT2D eigenvalue weighted by molar-refractivity contribution is 0.00605. The molecule has 0 N–H and O–H groups in total. The lowest BCUT2D eigenvalue weighted by atomic mass is 10.2. The minimum absolute atomic E-state index is 0.0467. The molecule has 1 aromatic carbocycles. The maximum absolute atomic E-state index is 5.96. The average Bonchev–Trinajstić information content (AvgIpc) is 2.50. The zero-order valence-electron chi connectivity index (χ0n) is 11.8. The lowest BCUT2D eigenvalue weighted by Gasteiger charge is -2.20. The first-order valence-electron chi connectivity index (χ1n) is 6.86.